The summed E-state index contributed by atoms with van der Waals surface area (Å²) in [5, 5.41) is 0.506. The smallest absolute Gasteiger partial charge is 0.302 e. The van der Waals surface area contributed by atoms with E-state index in [1.54, 1.807) is 0 Å². The van der Waals surface area contributed by atoms with Gasteiger partial charge in [0.25, 0.3) is 0 Å². The fraction of sp³-hybridized carbons (Fsp3) is 0.542. The molecule has 5 rings (SSSR count). The second-order valence-electron chi connectivity index (χ2n) is 9.32. The molecule has 0 radical (unpaired) electrons. The summed E-state index contributed by atoms with van der Waals surface area (Å²) >= 11 is 0. The van der Waals surface area contributed by atoms with Gasteiger partial charge in [0.05, 0.1) is 10.9 Å². The number of hydrogen-bond acceptors (Lipinski definition) is 5. The minimum Gasteiger partial charge on any atom is -0.463 e. The molecule has 2 saturated carbocycles. The maximum atomic E-state index is 12.6. The SMILES string of the molecule is CC(=O)O[C@H]1CC[C@H]2[C@@H]3CCc4cc5occ(C=O)c(=O)c5cc4[C@H]3CC[C@]12C. The number of carbonyl (C=O) groups is 2. The third-order valence-corrected chi connectivity index (χ3v) is 7.99. The van der Waals surface area contributed by atoms with Crippen molar-refractivity contribution in [1.29, 1.82) is 0 Å². The van der Waals surface area contributed by atoms with E-state index in [1.165, 1.54) is 24.3 Å². The fourth-order valence-electron chi connectivity index (χ4n) is 6.64. The summed E-state index contributed by atoms with van der Waals surface area (Å²) in [6.07, 6.45) is 8.03. The standard InChI is InChI=1S/C24H26O5/c1-13(26)29-22-6-5-20-17-4-3-14-9-21-19(23(27)15(11-25)12-28-21)10-18(14)16(17)7-8-24(20,22)2/h9-12,16-17,20,22H,3-8H2,1-2H3/t16-,17+,20-,22-,24-/m0/s1. The molecule has 0 saturated heterocycles. The van der Waals surface area contributed by atoms with Crippen LogP contribution in [0.5, 0.6) is 0 Å². The molecule has 3 aliphatic carbocycles. The number of rotatable bonds is 2. The Bertz CT molecular complexity index is 1070. The minimum absolute atomic E-state index is 0.0196. The Morgan fingerprint density at radius 2 is 2.07 bits per heavy atom. The predicted octanol–water partition coefficient (Wildman–Crippen LogP) is 4.39. The molecule has 0 bridgehead atoms. The number of esters is 1. The largest absolute Gasteiger partial charge is 0.463 e. The zero-order chi connectivity index (χ0) is 20.3. The van der Waals surface area contributed by atoms with Crippen LogP contribution in [0.4, 0.5) is 0 Å². The Morgan fingerprint density at radius 3 is 2.83 bits per heavy atom. The molecule has 0 N–H and O–H groups in total. The van der Waals surface area contributed by atoms with E-state index in [9.17, 15) is 14.4 Å². The van der Waals surface area contributed by atoms with Gasteiger partial charge in [0.15, 0.2) is 6.29 Å². The van der Waals surface area contributed by atoms with E-state index >= 15 is 0 Å². The van der Waals surface area contributed by atoms with Gasteiger partial charge in [-0.15, -0.1) is 0 Å². The van der Waals surface area contributed by atoms with Gasteiger partial charge in [-0.2, -0.15) is 0 Å². The topological polar surface area (TPSA) is 73.6 Å². The Morgan fingerprint density at radius 1 is 1.24 bits per heavy atom. The first-order chi connectivity index (χ1) is 13.9. The Labute approximate surface area is 169 Å². The zero-order valence-corrected chi connectivity index (χ0v) is 16.9. The van der Waals surface area contributed by atoms with Crippen LogP contribution in [0.15, 0.2) is 27.6 Å². The van der Waals surface area contributed by atoms with Gasteiger partial charge in [-0.3, -0.25) is 14.4 Å². The molecule has 0 unspecified atom stereocenters. The molecule has 29 heavy (non-hydrogen) atoms. The summed E-state index contributed by atoms with van der Waals surface area (Å²) in [7, 11) is 0. The van der Waals surface area contributed by atoms with E-state index < -0.39 is 0 Å². The molecule has 1 aromatic carbocycles. The Balaban J connectivity index is 1.54. The number of benzene rings is 1. The van der Waals surface area contributed by atoms with Gasteiger partial charge in [0.2, 0.25) is 5.43 Å². The first-order valence-electron chi connectivity index (χ1n) is 10.6. The third kappa shape index (κ3) is 2.70. The highest BCUT2D eigenvalue weighted by atomic mass is 16.5. The fourth-order valence-corrected chi connectivity index (χ4v) is 6.64. The highest BCUT2D eigenvalue weighted by Gasteiger charge is 2.56. The molecule has 3 aliphatic rings. The van der Waals surface area contributed by atoms with Crippen molar-refractivity contribution in [3.05, 3.63) is 45.3 Å². The maximum Gasteiger partial charge on any atom is 0.302 e. The average Bonchev–Trinajstić information content (AvgIpc) is 3.03. The van der Waals surface area contributed by atoms with E-state index in [1.807, 2.05) is 12.1 Å². The van der Waals surface area contributed by atoms with E-state index in [0.717, 1.165) is 38.5 Å². The first-order valence-corrected chi connectivity index (χ1v) is 10.6. The molecule has 5 heteroatoms. The average molecular weight is 394 g/mol. The lowest BCUT2D eigenvalue weighted by atomic mass is 9.55. The number of aryl methyl sites for hydroxylation is 1. The van der Waals surface area contributed by atoms with Crippen molar-refractivity contribution < 1.29 is 18.7 Å². The van der Waals surface area contributed by atoms with E-state index in [0.29, 0.717) is 35.0 Å². The van der Waals surface area contributed by atoms with Crippen molar-refractivity contribution in [2.75, 3.05) is 0 Å². The number of aldehydes is 1. The number of hydrogen-bond donors (Lipinski definition) is 0. The van der Waals surface area contributed by atoms with Gasteiger partial charge < -0.3 is 9.15 Å². The first kappa shape index (κ1) is 18.6. The number of fused-ring (bicyclic) bond motifs is 6. The molecule has 5 nitrogen and oxygen atoms in total. The lowest BCUT2D eigenvalue weighted by Gasteiger charge is -2.50. The minimum atomic E-state index is -0.248. The number of ether oxygens (including phenoxy) is 1. The normalized spacial score (nSPS) is 32.9. The van der Waals surface area contributed by atoms with Crippen LogP contribution in [0, 0.1) is 17.3 Å². The third-order valence-electron chi connectivity index (χ3n) is 7.99. The number of carbonyl (C=O) groups excluding carboxylic acids is 2. The molecule has 2 aromatic rings. The lowest BCUT2D eigenvalue weighted by Crippen LogP contribution is -2.45. The second-order valence-corrected chi connectivity index (χ2v) is 9.32. The van der Waals surface area contributed by atoms with Gasteiger partial charge in [0, 0.05) is 12.3 Å². The molecule has 152 valence electrons. The van der Waals surface area contributed by atoms with Gasteiger partial charge in [-0.05, 0) is 79.5 Å². The van der Waals surface area contributed by atoms with E-state index in [2.05, 4.69) is 6.92 Å². The van der Waals surface area contributed by atoms with Crippen LogP contribution < -0.4 is 5.43 Å². The molecular weight excluding hydrogens is 368 g/mol. The quantitative estimate of drug-likeness (QED) is 0.558. The van der Waals surface area contributed by atoms with Crippen molar-refractivity contribution in [2.45, 2.75) is 64.4 Å². The molecule has 0 spiro atoms. The van der Waals surface area contributed by atoms with E-state index in [-0.39, 0.29) is 28.5 Å². The molecule has 1 heterocycles. The summed E-state index contributed by atoms with van der Waals surface area (Å²) in [5.41, 5.74) is 2.95. The Hall–Kier alpha value is -2.43. The lowest BCUT2D eigenvalue weighted by molar-refractivity contribution is -0.154. The van der Waals surface area contributed by atoms with Gasteiger partial charge in [-0.1, -0.05) is 6.92 Å². The summed E-state index contributed by atoms with van der Waals surface area (Å²) in [5.74, 6) is 1.31. The molecule has 2 fully saturated rings. The van der Waals surface area contributed by atoms with Crippen molar-refractivity contribution in [2.24, 2.45) is 17.3 Å². The van der Waals surface area contributed by atoms with Crippen molar-refractivity contribution in [3.8, 4) is 0 Å². The molecular formula is C24H26O5. The molecule has 0 aliphatic heterocycles. The summed E-state index contributed by atoms with van der Waals surface area (Å²) in [6, 6.07) is 3.99. The van der Waals surface area contributed by atoms with Gasteiger partial charge in [0.1, 0.15) is 18.0 Å². The predicted molar refractivity (Wildman–Crippen MR) is 108 cm³/mol. The van der Waals surface area contributed by atoms with Crippen LogP contribution >= 0.6 is 0 Å². The Kier molecular flexibility index (Phi) is 4.19. The summed E-state index contributed by atoms with van der Waals surface area (Å²) in [6.45, 7) is 3.80. The van der Waals surface area contributed by atoms with Crippen molar-refractivity contribution in [3.63, 3.8) is 0 Å². The highest BCUT2D eigenvalue weighted by molar-refractivity contribution is 5.85. The van der Waals surface area contributed by atoms with E-state index in [4.69, 9.17) is 9.15 Å². The summed E-state index contributed by atoms with van der Waals surface area (Å²) < 4.78 is 11.3. The van der Waals surface area contributed by atoms with Crippen LogP contribution in [-0.4, -0.2) is 18.4 Å². The molecule has 0 amide bonds. The van der Waals surface area contributed by atoms with Crippen molar-refractivity contribution >= 4 is 23.2 Å². The second kappa shape index (κ2) is 6.54. The van der Waals surface area contributed by atoms with Crippen LogP contribution in [0.3, 0.4) is 0 Å². The highest BCUT2D eigenvalue weighted by Crippen LogP contribution is 2.61. The summed E-state index contributed by atoms with van der Waals surface area (Å²) in [4.78, 5) is 35.4. The van der Waals surface area contributed by atoms with Gasteiger partial charge in [-0.25, -0.2) is 0 Å². The molecule has 5 atom stereocenters. The molecule has 1 aromatic heterocycles. The maximum absolute atomic E-state index is 12.6. The van der Waals surface area contributed by atoms with Crippen LogP contribution in [0.2, 0.25) is 0 Å². The van der Waals surface area contributed by atoms with Crippen molar-refractivity contribution in [1.82, 2.24) is 0 Å². The van der Waals surface area contributed by atoms with Crippen LogP contribution in [-0.2, 0) is 16.0 Å². The van der Waals surface area contributed by atoms with Gasteiger partial charge >= 0.3 is 5.97 Å². The van der Waals surface area contributed by atoms with Crippen LogP contribution in [0.25, 0.3) is 11.0 Å². The van der Waals surface area contributed by atoms with Crippen LogP contribution in [0.1, 0.15) is 73.4 Å². The monoisotopic (exact) mass is 394 g/mol. The zero-order valence-electron chi connectivity index (χ0n) is 16.9.